The Kier molecular flexibility index (Phi) is 5.70. The molecule has 25 heavy (non-hydrogen) atoms. The normalized spacial score (nSPS) is 11.2. The van der Waals surface area contributed by atoms with Gasteiger partial charge in [0.1, 0.15) is 0 Å². The topological polar surface area (TPSA) is 68.0 Å². The molecule has 4 nitrogen and oxygen atoms in total. The van der Waals surface area contributed by atoms with Crippen molar-refractivity contribution in [2.45, 2.75) is 32.6 Å². The van der Waals surface area contributed by atoms with Gasteiger partial charge in [0.2, 0.25) is 5.91 Å². The van der Waals surface area contributed by atoms with Crippen molar-refractivity contribution >= 4 is 51.2 Å². The molecule has 0 aliphatic carbocycles. The van der Waals surface area contributed by atoms with Crippen LogP contribution in [0.2, 0.25) is 0 Å². The lowest BCUT2D eigenvalue weighted by molar-refractivity contribution is -0.115. The molecule has 0 aliphatic rings. The molecule has 0 spiro atoms. The first-order chi connectivity index (χ1) is 11.3. The predicted octanol–water partition coefficient (Wildman–Crippen LogP) is 4.78. The van der Waals surface area contributed by atoms with Gasteiger partial charge >= 0.3 is 0 Å². The number of nitrogens with one attached hydrogen (secondary N) is 1. The van der Waals surface area contributed by atoms with Gasteiger partial charge in [-0.25, -0.2) is 4.98 Å². The first kappa shape index (κ1) is 19.2. The van der Waals surface area contributed by atoms with E-state index in [1.54, 1.807) is 23.5 Å². The lowest BCUT2D eigenvalue weighted by Crippen LogP contribution is -2.14. The van der Waals surface area contributed by atoms with Gasteiger partial charge < -0.3 is 11.1 Å². The number of halogens is 1. The number of nitrogen functional groups attached to an aromatic ring is 1. The maximum atomic E-state index is 12.2. The standard InChI is InChI=1S/C19H21N3OS.ClH/c1-19(2,3)18-22-15-9-8-14(11-16(15)24-18)21-17(23)10-12-4-6-13(20)7-5-12;/h4-9,11H,10,20H2,1-3H3,(H,21,23);1H. The van der Waals surface area contributed by atoms with E-state index in [1.165, 1.54) is 0 Å². The molecular formula is C19H22ClN3OS. The van der Waals surface area contributed by atoms with E-state index in [4.69, 9.17) is 5.73 Å². The maximum Gasteiger partial charge on any atom is 0.228 e. The molecule has 0 fully saturated rings. The quantitative estimate of drug-likeness (QED) is 0.647. The van der Waals surface area contributed by atoms with Gasteiger partial charge in [-0.15, -0.1) is 23.7 Å². The molecule has 0 saturated heterocycles. The van der Waals surface area contributed by atoms with Crippen LogP contribution in [0.5, 0.6) is 0 Å². The Labute approximate surface area is 157 Å². The molecule has 0 radical (unpaired) electrons. The Balaban J connectivity index is 0.00000225. The molecular weight excluding hydrogens is 354 g/mol. The Hall–Kier alpha value is -2.11. The molecule has 0 aliphatic heterocycles. The van der Waals surface area contributed by atoms with E-state index in [-0.39, 0.29) is 23.7 Å². The van der Waals surface area contributed by atoms with Gasteiger partial charge in [0.15, 0.2) is 0 Å². The first-order valence-corrected chi connectivity index (χ1v) is 8.68. The van der Waals surface area contributed by atoms with Gasteiger partial charge in [0.25, 0.3) is 0 Å². The van der Waals surface area contributed by atoms with E-state index < -0.39 is 0 Å². The number of fused-ring (bicyclic) bond motifs is 1. The number of nitrogens with two attached hydrogens (primary N) is 1. The lowest BCUT2D eigenvalue weighted by atomic mass is 9.98. The third kappa shape index (κ3) is 4.71. The second-order valence-corrected chi connectivity index (χ2v) is 7.95. The third-order valence-electron chi connectivity index (χ3n) is 3.66. The Bertz CT molecular complexity index is 882. The van der Waals surface area contributed by atoms with Crippen LogP contribution in [0.4, 0.5) is 11.4 Å². The highest BCUT2D eigenvalue weighted by molar-refractivity contribution is 7.18. The highest BCUT2D eigenvalue weighted by Gasteiger charge is 2.18. The van der Waals surface area contributed by atoms with Crippen molar-refractivity contribution in [1.29, 1.82) is 0 Å². The monoisotopic (exact) mass is 375 g/mol. The summed E-state index contributed by atoms with van der Waals surface area (Å²) in [7, 11) is 0. The largest absolute Gasteiger partial charge is 0.399 e. The van der Waals surface area contributed by atoms with Crippen LogP contribution in [0.25, 0.3) is 10.2 Å². The first-order valence-electron chi connectivity index (χ1n) is 7.86. The van der Waals surface area contributed by atoms with Crippen LogP contribution < -0.4 is 11.1 Å². The number of carbonyl (C=O) groups excluding carboxylic acids is 1. The van der Waals surface area contributed by atoms with Crippen molar-refractivity contribution in [2.24, 2.45) is 0 Å². The fourth-order valence-electron chi connectivity index (χ4n) is 2.35. The summed E-state index contributed by atoms with van der Waals surface area (Å²) in [6, 6.07) is 13.2. The molecule has 3 N–H and O–H groups in total. The smallest absolute Gasteiger partial charge is 0.228 e. The molecule has 3 aromatic rings. The predicted molar refractivity (Wildman–Crippen MR) is 109 cm³/mol. The number of rotatable bonds is 3. The van der Waals surface area contributed by atoms with Gasteiger partial charge in [0.05, 0.1) is 21.6 Å². The van der Waals surface area contributed by atoms with Crippen molar-refractivity contribution in [3.8, 4) is 0 Å². The molecule has 1 amide bonds. The van der Waals surface area contributed by atoms with Crippen molar-refractivity contribution in [3.63, 3.8) is 0 Å². The summed E-state index contributed by atoms with van der Waals surface area (Å²) in [4.78, 5) is 16.9. The minimum Gasteiger partial charge on any atom is -0.399 e. The second-order valence-electron chi connectivity index (χ2n) is 6.92. The summed E-state index contributed by atoms with van der Waals surface area (Å²) >= 11 is 1.67. The third-order valence-corrected chi connectivity index (χ3v) is 5.10. The van der Waals surface area contributed by atoms with Crippen LogP contribution in [-0.2, 0) is 16.6 Å². The summed E-state index contributed by atoms with van der Waals surface area (Å²) in [5, 5.41) is 4.05. The summed E-state index contributed by atoms with van der Waals surface area (Å²) in [5.41, 5.74) is 9.10. The van der Waals surface area contributed by atoms with Crippen molar-refractivity contribution in [2.75, 3.05) is 11.1 Å². The van der Waals surface area contributed by atoms with Crippen molar-refractivity contribution < 1.29 is 4.79 Å². The van der Waals surface area contributed by atoms with E-state index in [0.29, 0.717) is 12.1 Å². The number of carbonyl (C=O) groups is 1. The zero-order chi connectivity index (χ0) is 17.3. The van der Waals surface area contributed by atoms with Crippen molar-refractivity contribution in [1.82, 2.24) is 4.98 Å². The van der Waals surface area contributed by atoms with E-state index in [0.717, 1.165) is 26.5 Å². The molecule has 0 saturated carbocycles. The van der Waals surface area contributed by atoms with Gasteiger partial charge in [-0.1, -0.05) is 32.9 Å². The van der Waals surface area contributed by atoms with Crippen LogP contribution in [0, 0.1) is 0 Å². The average Bonchev–Trinajstić information content (AvgIpc) is 2.93. The molecule has 0 bridgehead atoms. The van der Waals surface area contributed by atoms with E-state index in [1.807, 2.05) is 30.3 Å². The minimum absolute atomic E-state index is 0. The van der Waals surface area contributed by atoms with Gasteiger partial charge in [0, 0.05) is 16.8 Å². The van der Waals surface area contributed by atoms with Gasteiger partial charge in [-0.3, -0.25) is 4.79 Å². The minimum atomic E-state index is -0.0420. The van der Waals surface area contributed by atoms with E-state index in [2.05, 4.69) is 31.1 Å². The maximum absolute atomic E-state index is 12.2. The second kappa shape index (κ2) is 7.42. The van der Waals surface area contributed by atoms with Crippen LogP contribution in [0.3, 0.4) is 0 Å². The zero-order valence-corrected chi connectivity index (χ0v) is 16.1. The molecule has 3 rings (SSSR count). The van der Waals surface area contributed by atoms with Crippen LogP contribution in [-0.4, -0.2) is 10.9 Å². The number of amides is 1. The summed E-state index contributed by atoms with van der Waals surface area (Å²) < 4.78 is 1.09. The number of nitrogens with zero attached hydrogens (tertiary/aromatic N) is 1. The highest BCUT2D eigenvalue weighted by atomic mass is 35.5. The SMILES string of the molecule is CC(C)(C)c1nc2ccc(NC(=O)Cc3ccc(N)cc3)cc2s1.Cl. The Morgan fingerprint density at radius 1 is 1.16 bits per heavy atom. The summed E-state index contributed by atoms with van der Waals surface area (Å²) in [5.74, 6) is -0.0420. The Morgan fingerprint density at radius 3 is 2.48 bits per heavy atom. The molecule has 2 aromatic carbocycles. The summed E-state index contributed by atoms with van der Waals surface area (Å²) in [6.07, 6.45) is 0.328. The molecule has 0 unspecified atom stereocenters. The molecule has 1 heterocycles. The fourth-order valence-corrected chi connectivity index (χ4v) is 3.41. The zero-order valence-electron chi connectivity index (χ0n) is 14.5. The Morgan fingerprint density at radius 2 is 1.84 bits per heavy atom. The summed E-state index contributed by atoms with van der Waals surface area (Å²) in [6.45, 7) is 6.46. The van der Waals surface area contributed by atoms with Crippen LogP contribution in [0.15, 0.2) is 42.5 Å². The number of hydrogen-bond donors (Lipinski definition) is 2. The number of anilines is 2. The number of thiazole rings is 1. The molecule has 6 heteroatoms. The van der Waals surface area contributed by atoms with Gasteiger partial charge in [-0.05, 0) is 35.9 Å². The van der Waals surface area contributed by atoms with E-state index in [9.17, 15) is 4.79 Å². The van der Waals surface area contributed by atoms with Gasteiger partial charge in [-0.2, -0.15) is 0 Å². The number of benzene rings is 2. The number of hydrogen-bond acceptors (Lipinski definition) is 4. The molecule has 132 valence electrons. The van der Waals surface area contributed by atoms with E-state index >= 15 is 0 Å². The number of aromatic nitrogens is 1. The lowest BCUT2D eigenvalue weighted by Gasteiger charge is -2.13. The molecule has 0 atom stereocenters. The van der Waals surface area contributed by atoms with Crippen molar-refractivity contribution in [3.05, 3.63) is 53.0 Å². The highest BCUT2D eigenvalue weighted by Crippen LogP contribution is 2.32. The fraction of sp³-hybridized carbons (Fsp3) is 0.263. The van der Waals surface area contributed by atoms with Crippen LogP contribution >= 0.6 is 23.7 Å². The van der Waals surface area contributed by atoms with Crippen LogP contribution in [0.1, 0.15) is 31.3 Å². The average molecular weight is 376 g/mol. The molecule has 1 aromatic heterocycles.